The van der Waals surface area contributed by atoms with Gasteiger partial charge in [0.25, 0.3) is 0 Å². The maximum atomic E-state index is 8.75. The number of benzene rings is 1. The van der Waals surface area contributed by atoms with E-state index in [-0.39, 0.29) is 6.61 Å². The second-order valence-electron chi connectivity index (χ2n) is 3.58. The van der Waals surface area contributed by atoms with Crippen molar-refractivity contribution in [2.45, 2.75) is 12.8 Å². The molecule has 0 bridgehead atoms. The highest BCUT2D eigenvalue weighted by atomic mass is 79.9. The Morgan fingerprint density at radius 2 is 2.24 bits per heavy atom. The van der Waals surface area contributed by atoms with E-state index in [2.05, 4.69) is 26.2 Å². The summed E-state index contributed by atoms with van der Waals surface area (Å²) in [6.07, 6.45) is 3.22. The molecule has 17 heavy (non-hydrogen) atoms. The van der Waals surface area contributed by atoms with Crippen LogP contribution in [0.1, 0.15) is 12.1 Å². The van der Waals surface area contributed by atoms with Crippen LogP contribution in [0.3, 0.4) is 0 Å². The summed E-state index contributed by atoms with van der Waals surface area (Å²) in [5.41, 5.74) is 1.62. The summed E-state index contributed by atoms with van der Waals surface area (Å²) in [6, 6.07) is 5.55. The van der Waals surface area contributed by atoms with Crippen LogP contribution < -0.4 is 0 Å². The van der Waals surface area contributed by atoms with Crippen LogP contribution in [-0.4, -0.2) is 26.7 Å². The van der Waals surface area contributed by atoms with Crippen LogP contribution in [0.5, 0.6) is 0 Å². The van der Waals surface area contributed by atoms with E-state index >= 15 is 0 Å². The molecule has 2 rings (SSSR count). The third-order valence-electron chi connectivity index (χ3n) is 2.29. The smallest absolute Gasteiger partial charge is 0.0861 e. The Kier molecular flexibility index (Phi) is 4.15. The number of aromatic nitrogens is 3. The summed E-state index contributed by atoms with van der Waals surface area (Å²) in [4.78, 5) is 0. The van der Waals surface area contributed by atoms with Crippen molar-refractivity contribution >= 4 is 27.5 Å². The van der Waals surface area contributed by atoms with E-state index in [1.807, 2.05) is 18.3 Å². The molecule has 0 aliphatic rings. The highest BCUT2D eigenvalue weighted by molar-refractivity contribution is 9.10. The number of halogens is 2. The summed E-state index contributed by atoms with van der Waals surface area (Å²) in [5, 5.41) is 17.4. The highest BCUT2D eigenvalue weighted by Crippen LogP contribution is 2.23. The molecular weight excluding hydrogens is 305 g/mol. The molecule has 0 saturated carbocycles. The summed E-state index contributed by atoms with van der Waals surface area (Å²) >= 11 is 9.48. The number of aryl methyl sites for hydroxylation is 1. The molecule has 0 saturated heterocycles. The SMILES string of the molecule is OCCCc1cn(-c2cc(Br)ccc2Cl)nn1. The molecule has 0 aliphatic heterocycles. The quantitative estimate of drug-likeness (QED) is 0.943. The van der Waals surface area contributed by atoms with Crippen LogP contribution in [0.25, 0.3) is 5.69 Å². The van der Waals surface area contributed by atoms with Crippen molar-refractivity contribution < 1.29 is 5.11 Å². The largest absolute Gasteiger partial charge is 0.396 e. The van der Waals surface area contributed by atoms with Crippen molar-refractivity contribution in [1.82, 2.24) is 15.0 Å². The van der Waals surface area contributed by atoms with E-state index in [9.17, 15) is 0 Å². The Labute approximate surface area is 112 Å². The van der Waals surface area contributed by atoms with Gasteiger partial charge in [-0.25, -0.2) is 4.68 Å². The summed E-state index contributed by atoms with van der Waals surface area (Å²) < 4.78 is 2.57. The van der Waals surface area contributed by atoms with E-state index in [0.717, 1.165) is 15.9 Å². The van der Waals surface area contributed by atoms with Crippen LogP contribution in [0.2, 0.25) is 5.02 Å². The van der Waals surface area contributed by atoms with Gasteiger partial charge in [-0.2, -0.15) is 0 Å². The highest BCUT2D eigenvalue weighted by Gasteiger charge is 2.07. The van der Waals surface area contributed by atoms with Crippen molar-refractivity contribution in [2.24, 2.45) is 0 Å². The minimum Gasteiger partial charge on any atom is -0.396 e. The molecule has 2 aromatic rings. The van der Waals surface area contributed by atoms with Gasteiger partial charge in [0.2, 0.25) is 0 Å². The van der Waals surface area contributed by atoms with E-state index in [1.54, 1.807) is 10.7 Å². The fraction of sp³-hybridized carbons (Fsp3) is 0.273. The molecule has 1 N–H and O–H groups in total. The molecule has 1 aromatic heterocycles. The topological polar surface area (TPSA) is 50.9 Å². The van der Waals surface area contributed by atoms with Crippen LogP contribution >= 0.6 is 27.5 Å². The van der Waals surface area contributed by atoms with Gasteiger partial charge in [-0.1, -0.05) is 32.7 Å². The lowest BCUT2D eigenvalue weighted by Crippen LogP contribution is -1.95. The van der Waals surface area contributed by atoms with Gasteiger partial charge in [0.1, 0.15) is 0 Å². The maximum absolute atomic E-state index is 8.75. The monoisotopic (exact) mass is 315 g/mol. The van der Waals surface area contributed by atoms with Crippen molar-refractivity contribution in [3.63, 3.8) is 0 Å². The van der Waals surface area contributed by atoms with Crippen LogP contribution in [0.15, 0.2) is 28.9 Å². The number of hydrogen-bond acceptors (Lipinski definition) is 3. The zero-order valence-electron chi connectivity index (χ0n) is 8.98. The molecule has 1 heterocycles. The van der Waals surface area contributed by atoms with E-state index in [0.29, 0.717) is 17.9 Å². The van der Waals surface area contributed by atoms with Gasteiger partial charge in [0.15, 0.2) is 0 Å². The molecule has 0 atom stereocenters. The van der Waals surface area contributed by atoms with Gasteiger partial charge in [-0.05, 0) is 31.0 Å². The lowest BCUT2D eigenvalue weighted by molar-refractivity contribution is 0.288. The minimum absolute atomic E-state index is 0.157. The summed E-state index contributed by atoms with van der Waals surface area (Å²) in [5.74, 6) is 0. The van der Waals surface area contributed by atoms with Crippen LogP contribution in [-0.2, 0) is 6.42 Å². The molecule has 0 spiro atoms. The van der Waals surface area contributed by atoms with Crippen LogP contribution in [0.4, 0.5) is 0 Å². The van der Waals surface area contributed by atoms with Gasteiger partial charge in [-0.15, -0.1) is 5.10 Å². The first-order chi connectivity index (χ1) is 8.20. The first-order valence-corrected chi connectivity index (χ1v) is 6.35. The first kappa shape index (κ1) is 12.5. The maximum Gasteiger partial charge on any atom is 0.0861 e. The Morgan fingerprint density at radius 3 is 3.00 bits per heavy atom. The number of aliphatic hydroxyl groups excluding tert-OH is 1. The second kappa shape index (κ2) is 5.62. The molecule has 0 radical (unpaired) electrons. The molecule has 6 heteroatoms. The predicted molar refractivity (Wildman–Crippen MR) is 69.5 cm³/mol. The van der Waals surface area contributed by atoms with Crippen molar-refractivity contribution in [3.05, 3.63) is 39.6 Å². The van der Waals surface area contributed by atoms with Crippen LogP contribution in [0, 0.1) is 0 Å². The third kappa shape index (κ3) is 3.06. The normalized spacial score (nSPS) is 10.8. The van der Waals surface area contributed by atoms with Crippen molar-refractivity contribution in [3.8, 4) is 5.69 Å². The Balaban J connectivity index is 2.27. The Hall–Kier alpha value is -0.910. The van der Waals surface area contributed by atoms with E-state index in [4.69, 9.17) is 16.7 Å². The summed E-state index contributed by atoms with van der Waals surface area (Å²) in [6.45, 7) is 0.157. The Bertz CT molecular complexity index is 515. The lowest BCUT2D eigenvalue weighted by Gasteiger charge is -2.03. The fourth-order valence-electron chi connectivity index (χ4n) is 1.45. The zero-order valence-corrected chi connectivity index (χ0v) is 11.3. The molecule has 0 amide bonds. The second-order valence-corrected chi connectivity index (χ2v) is 4.90. The predicted octanol–water partition coefficient (Wildman–Crippen LogP) is 2.61. The number of rotatable bonds is 4. The first-order valence-electron chi connectivity index (χ1n) is 5.18. The molecule has 0 aliphatic carbocycles. The van der Waals surface area contributed by atoms with E-state index < -0.39 is 0 Å². The Morgan fingerprint density at radius 1 is 1.41 bits per heavy atom. The van der Waals surface area contributed by atoms with E-state index in [1.165, 1.54) is 0 Å². The summed E-state index contributed by atoms with van der Waals surface area (Å²) in [7, 11) is 0. The van der Waals surface area contributed by atoms with Crippen molar-refractivity contribution in [1.29, 1.82) is 0 Å². The fourth-order valence-corrected chi connectivity index (χ4v) is 2.01. The number of nitrogens with zero attached hydrogens (tertiary/aromatic N) is 3. The number of aliphatic hydroxyl groups is 1. The lowest BCUT2D eigenvalue weighted by atomic mass is 10.2. The third-order valence-corrected chi connectivity index (χ3v) is 3.10. The standard InChI is InChI=1S/C11H11BrClN3O/c12-8-3-4-10(13)11(6-8)16-7-9(14-15-16)2-1-5-17/h3-4,6-7,17H,1-2,5H2. The molecule has 0 fully saturated rings. The van der Waals surface area contributed by atoms with Crippen molar-refractivity contribution in [2.75, 3.05) is 6.61 Å². The molecule has 0 unspecified atom stereocenters. The zero-order chi connectivity index (χ0) is 12.3. The average molecular weight is 317 g/mol. The average Bonchev–Trinajstić information content (AvgIpc) is 2.78. The molecule has 4 nitrogen and oxygen atoms in total. The molecule has 90 valence electrons. The minimum atomic E-state index is 0.157. The van der Waals surface area contributed by atoms with Gasteiger partial charge in [0.05, 0.1) is 22.6 Å². The number of hydrogen-bond donors (Lipinski definition) is 1. The van der Waals surface area contributed by atoms with Gasteiger partial charge < -0.3 is 5.11 Å². The molecular formula is C11H11BrClN3O. The molecule has 1 aromatic carbocycles. The van der Waals surface area contributed by atoms with Gasteiger partial charge in [-0.3, -0.25) is 0 Å². The van der Waals surface area contributed by atoms with Gasteiger partial charge in [0, 0.05) is 11.1 Å². The van der Waals surface area contributed by atoms with Gasteiger partial charge >= 0.3 is 0 Å².